The lowest BCUT2D eigenvalue weighted by Gasteiger charge is -2.38. The Kier molecular flexibility index (Phi) is 4.75. The quantitative estimate of drug-likeness (QED) is 0.904. The van der Waals surface area contributed by atoms with E-state index in [1.54, 1.807) is 0 Å². The number of piperidine rings is 1. The Morgan fingerprint density at radius 1 is 1.26 bits per heavy atom. The Morgan fingerprint density at radius 3 is 2.53 bits per heavy atom. The first-order valence-electron chi connectivity index (χ1n) is 7.12. The summed E-state index contributed by atoms with van der Waals surface area (Å²) in [6, 6.07) is 2.97. The average Bonchev–Trinajstić information content (AvgIpc) is 2.40. The van der Waals surface area contributed by atoms with Gasteiger partial charge in [0.2, 0.25) is 0 Å². The van der Waals surface area contributed by atoms with E-state index in [2.05, 4.69) is 6.92 Å². The van der Waals surface area contributed by atoms with Gasteiger partial charge in [-0.1, -0.05) is 13.3 Å². The predicted molar refractivity (Wildman–Crippen MR) is 74.1 cm³/mol. The molecule has 1 aliphatic rings. The summed E-state index contributed by atoms with van der Waals surface area (Å²) in [4.78, 5) is 1.91. The largest absolute Gasteiger partial charge is 0.364 e. The van der Waals surface area contributed by atoms with Gasteiger partial charge in [0.25, 0.3) is 0 Å². The lowest BCUT2D eigenvalue weighted by Crippen LogP contribution is -2.40. The fraction of sp³-hybridized carbons (Fsp3) is 0.600. The lowest BCUT2D eigenvalue weighted by atomic mass is 9.97. The minimum Gasteiger partial charge on any atom is -0.364 e. The number of halogens is 2. The van der Waals surface area contributed by atoms with E-state index in [1.165, 1.54) is 12.1 Å². The smallest absolute Gasteiger partial charge is 0.149 e. The number of hydrogen-bond acceptors (Lipinski definition) is 2. The summed E-state index contributed by atoms with van der Waals surface area (Å²) < 4.78 is 28.3. The highest BCUT2D eigenvalue weighted by atomic mass is 19.1. The Balaban J connectivity index is 2.33. The van der Waals surface area contributed by atoms with Crippen LogP contribution in [0, 0.1) is 11.6 Å². The molecule has 1 fully saturated rings. The second kappa shape index (κ2) is 6.33. The summed E-state index contributed by atoms with van der Waals surface area (Å²) in [6.07, 6.45) is 5.18. The van der Waals surface area contributed by atoms with E-state index in [4.69, 9.17) is 5.73 Å². The molecule has 0 aromatic heterocycles. The van der Waals surface area contributed by atoms with E-state index < -0.39 is 11.6 Å². The van der Waals surface area contributed by atoms with Crippen molar-refractivity contribution in [3.63, 3.8) is 0 Å². The molecule has 0 radical (unpaired) electrons. The maximum atomic E-state index is 14.2. The van der Waals surface area contributed by atoms with Crippen LogP contribution in [-0.2, 0) is 6.54 Å². The predicted octanol–water partition coefficient (Wildman–Crippen LogP) is 3.58. The molecule has 0 saturated carbocycles. The molecule has 0 amide bonds. The molecule has 0 spiro atoms. The number of anilines is 1. The molecule has 2 nitrogen and oxygen atoms in total. The van der Waals surface area contributed by atoms with Gasteiger partial charge in [-0.25, -0.2) is 8.78 Å². The van der Waals surface area contributed by atoms with Crippen molar-refractivity contribution in [2.75, 3.05) is 11.4 Å². The van der Waals surface area contributed by atoms with Crippen molar-refractivity contribution in [3.8, 4) is 0 Å². The minimum atomic E-state index is -0.483. The van der Waals surface area contributed by atoms with Gasteiger partial charge in [-0.2, -0.15) is 0 Å². The van der Waals surface area contributed by atoms with Gasteiger partial charge in [0.05, 0.1) is 0 Å². The fourth-order valence-corrected chi connectivity index (χ4v) is 2.94. The molecule has 1 aromatic carbocycles. The zero-order valence-corrected chi connectivity index (χ0v) is 11.5. The van der Waals surface area contributed by atoms with Crippen LogP contribution in [0.1, 0.15) is 44.6 Å². The molecular formula is C15H22F2N2. The summed E-state index contributed by atoms with van der Waals surface area (Å²) >= 11 is 0. The molecule has 4 heteroatoms. The molecule has 19 heavy (non-hydrogen) atoms. The summed E-state index contributed by atoms with van der Waals surface area (Å²) in [5, 5.41) is 0. The molecule has 2 N–H and O–H groups in total. The summed E-state index contributed by atoms with van der Waals surface area (Å²) in [6.45, 7) is 3.00. The van der Waals surface area contributed by atoms with Crippen LogP contribution >= 0.6 is 0 Å². The van der Waals surface area contributed by atoms with E-state index in [0.717, 1.165) is 38.6 Å². The Morgan fingerprint density at radius 2 is 1.95 bits per heavy atom. The maximum absolute atomic E-state index is 14.2. The fourth-order valence-electron chi connectivity index (χ4n) is 2.94. The number of benzene rings is 1. The van der Waals surface area contributed by atoms with Gasteiger partial charge >= 0.3 is 0 Å². The normalized spacial score (nSPS) is 19.8. The van der Waals surface area contributed by atoms with E-state index in [0.29, 0.717) is 5.56 Å². The molecular weight excluding hydrogens is 246 g/mol. The molecule has 106 valence electrons. The van der Waals surface area contributed by atoms with Crippen molar-refractivity contribution >= 4 is 5.69 Å². The van der Waals surface area contributed by atoms with Crippen molar-refractivity contribution in [1.82, 2.24) is 0 Å². The standard InChI is InChI=1S/C15H22F2N2/c1-2-5-12-6-3-4-7-19(12)15-13(16)8-11(10-18)9-14(15)17/h8-9,12H,2-7,10,18H2,1H3. The maximum Gasteiger partial charge on any atom is 0.149 e. The molecule has 2 rings (SSSR count). The molecule has 0 aliphatic carbocycles. The van der Waals surface area contributed by atoms with E-state index in [9.17, 15) is 8.78 Å². The van der Waals surface area contributed by atoms with Crippen LogP contribution in [-0.4, -0.2) is 12.6 Å². The van der Waals surface area contributed by atoms with Crippen molar-refractivity contribution in [1.29, 1.82) is 0 Å². The van der Waals surface area contributed by atoms with E-state index in [1.807, 2.05) is 4.90 Å². The van der Waals surface area contributed by atoms with E-state index >= 15 is 0 Å². The minimum absolute atomic E-state index is 0.135. The number of nitrogens with two attached hydrogens (primary N) is 1. The zero-order chi connectivity index (χ0) is 13.8. The van der Waals surface area contributed by atoms with Gasteiger partial charge in [0, 0.05) is 19.1 Å². The monoisotopic (exact) mass is 268 g/mol. The first-order chi connectivity index (χ1) is 9.17. The first-order valence-corrected chi connectivity index (χ1v) is 7.12. The van der Waals surface area contributed by atoms with Gasteiger partial charge in [0.1, 0.15) is 17.3 Å². The van der Waals surface area contributed by atoms with Crippen molar-refractivity contribution in [2.24, 2.45) is 5.73 Å². The molecule has 1 heterocycles. The summed E-state index contributed by atoms with van der Waals surface area (Å²) in [5.74, 6) is -0.966. The van der Waals surface area contributed by atoms with Gasteiger partial charge in [-0.15, -0.1) is 0 Å². The molecule has 1 aromatic rings. The highest BCUT2D eigenvalue weighted by Gasteiger charge is 2.26. The molecule has 0 bridgehead atoms. The molecule has 1 saturated heterocycles. The van der Waals surface area contributed by atoms with Crippen molar-refractivity contribution < 1.29 is 8.78 Å². The third-order valence-electron chi connectivity index (χ3n) is 3.85. The van der Waals surface area contributed by atoms with Crippen LogP contribution in [0.25, 0.3) is 0 Å². The second-order valence-electron chi connectivity index (χ2n) is 5.24. The molecule has 1 unspecified atom stereocenters. The summed E-state index contributed by atoms with van der Waals surface area (Å²) in [5.41, 5.74) is 6.08. The molecule has 1 atom stereocenters. The zero-order valence-electron chi connectivity index (χ0n) is 11.5. The highest BCUT2D eigenvalue weighted by Crippen LogP contribution is 2.32. The third kappa shape index (κ3) is 3.06. The Hall–Kier alpha value is -1.16. The average molecular weight is 268 g/mol. The van der Waals surface area contributed by atoms with Crippen molar-refractivity contribution in [2.45, 2.75) is 51.6 Å². The molecule has 1 aliphatic heterocycles. The van der Waals surface area contributed by atoms with Gasteiger partial charge in [-0.3, -0.25) is 0 Å². The first kappa shape index (κ1) is 14.3. The number of rotatable bonds is 4. The van der Waals surface area contributed by atoms with Crippen LogP contribution < -0.4 is 10.6 Å². The summed E-state index contributed by atoms with van der Waals surface area (Å²) in [7, 11) is 0. The second-order valence-corrected chi connectivity index (χ2v) is 5.24. The van der Waals surface area contributed by atoms with E-state index in [-0.39, 0.29) is 18.3 Å². The lowest BCUT2D eigenvalue weighted by molar-refractivity contribution is 0.421. The topological polar surface area (TPSA) is 29.3 Å². The SMILES string of the molecule is CCCC1CCCCN1c1c(F)cc(CN)cc1F. The Labute approximate surface area is 113 Å². The van der Waals surface area contributed by atoms with Crippen LogP contribution in [0.15, 0.2) is 12.1 Å². The highest BCUT2D eigenvalue weighted by molar-refractivity contribution is 5.52. The third-order valence-corrected chi connectivity index (χ3v) is 3.85. The van der Waals surface area contributed by atoms with Crippen molar-refractivity contribution in [3.05, 3.63) is 29.3 Å². The number of nitrogens with zero attached hydrogens (tertiary/aromatic N) is 1. The van der Waals surface area contributed by atoms with Crippen LogP contribution in [0.4, 0.5) is 14.5 Å². The van der Waals surface area contributed by atoms with Gasteiger partial charge in [-0.05, 0) is 43.4 Å². The van der Waals surface area contributed by atoms with Crippen LogP contribution in [0.3, 0.4) is 0 Å². The number of hydrogen-bond donors (Lipinski definition) is 1. The van der Waals surface area contributed by atoms with Gasteiger partial charge < -0.3 is 10.6 Å². The van der Waals surface area contributed by atoms with Gasteiger partial charge in [0.15, 0.2) is 0 Å². The van der Waals surface area contributed by atoms with Crippen LogP contribution in [0.5, 0.6) is 0 Å². The Bertz CT molecular complexity index is 409. The van der Waals surface area contributed by atoms with Crippen LogP contribution in [0.2, 0.25) is 0 Å².